The molecule has 0 atom stereocenters. The van der Waals surface area contributed by atoms with Crippen molar-refractivity contribution in [2.75, 3.05) is 7.11 Å². The molecule has 2 nitrogen and oxygen atoms in total. The van der Waals surface area contributed by atoms with Crippen LogP contribution < -0.4 is 0 Å². The fourth-order valence-corrected chi connectivity index (χ4v) is 2.22. The Morgan fingerprint density at radius 3 is 2.75 bits per heavy atom. The van der Waals surface area contributed by atoms with Crippen molar-refractivity contribution in [1.82, 2.24) is 0 Å². The predicted molar refractivity (Wildman–Crippen MR) is 58.2 cm³/mol. The van der Waals surface area contributed by atoms with E-state index in [0.29, 0.717) is 5.56 Å². The van der Waals surface area contributed by atoms with Crippen LogP contribution in [0.5, 0.6) is 0 Å². The van der Waals surface area contributed by atoms with Crippen molar-refractivity contribution in [3.63, 3.8) is 0 Å². The van der Waals surface area contributed by atoms with Crippen LogP contribution in [-0.4, -0.2) is 13.1 Å². The summed E-state index contributed by atoms with van der Waals surface area (Å²) in [6, 6.07) is 5.46. The smallest absolute Gasteiger partial charge is 0.339 e. The Labute approximate surface area is 92.6 Å². The standard InChI is InChI=1S/C8H6BrIO2/c1-12-8(11)6-3-2-5(10)4-7(6)9/h2-4H,1H3. The minimum atomic E-state index is -0.321. The molecule has 0 spiro atoms. The lowest BCUT2D eigenvalue weighted by molar-refractivity contribution is 0.0599. The summed E-state index contributed by atoms with van der Waals surface area (Å²) in [7, 11) is 1.37. The fraction of sp³-hybridized carbons (Fsp3) is 0.125. The molecule has 0 N–H and O–H groups in total. The molecule has 12 heavy (non-hydrogen) atoms. The van der Waals surface area contributed by atoms with Crippen LogP contribution in [0.2, 0.25) is 0 Å². The zero-order valence-corrected chi connectivity index (χ0v) is 10.0. The fourth-order valence-electron chi connectivity index (χ4n) is 0.765. The van der Waals surface area contributed by atoms with Gasteiger partial charge < -0.3 is 4.74 Å². The van der Waals surface area contributed by atoms with E-state index in [2.05, 4.69) is 43.3 Å². The molecule has 0 aliphatic rings. The summed E-state index contributed by atoms with van der Waals surface area (Å²) in [4.78, 5) is 11.1. The normalized spacial score (nSPS) is 9.58. The van der Waals surface area contributed by atoms with Gasteiger partial charge in [0.2, 0.25) is 0 Å². The van der Waals surface area contributed by atoms with Gasteiger partial charge in [-0.3, -0.25) is 0 Å². The second kappa shape index (κ2) is 4.23. The van der Waals surface area contributed by atoms with Gasteiger partial charge in [-0.05, 0) is 56.7 Å². The summed E-state index contributed by atoms with van der Waals surface area (Å²) in [5.41, 5.74) is 0.554. The second-order valence-corrected chi connectivity index (χ2v) is 4.22. The van der Waals surface area contributed by atoms with Crippen molar-refractivity contribution in [2.24, 2.45) is 0 Å². The minimum absolute atomic E-state index is 0.321. The van der Waals surface area contributed by atoms with E-state index in [4.69, 9.17) is 0 Å². The van der Waals surface area contributed by atoms with Gasteiger partial charge in [0.05, 0.1) is 12.7 Å². The van der Waals surface area contributed by atoms with E-state index in [1.807, 2.05) is 12.1 Å². The molecule has 0 aliphatic heterocycles. The van der Waals surface area contributed by atoms with E-state index in [9.17, 15) is 4.79 Å². The first-order chi connectivity index (χ1) is 5.65. The van der Waals surface area contributed by atoms with Crippen LogP contribution in [0.25, 0.3) is 0 Å². The van der Waals surface area contributed by atoms with Gasteiger partial charge in [-0.25, -0.2) is 4.79 Å². The lowest BCUT2D eigenvalue weighted by Crippen LogP contribution is -2.01. The van der Waals surface area contributed by atoms with E-state index >= 15 is 0 Å². The van der Waals surface area contributed by atoms with Gasteiger partial charge in [0.25, 0.3) is 0 Å². The van der Waals surface area contributed by atoms with Gasteiger partial charge in [-0.1, -0.05) is 0 Å². The molecular weight excluding hydrogens is 335 g/mol. The van der Waals surface area contributed by atoms with Crippen molar-refractivity contribution >= 4 is 44.5 Å². The lowest BCUT2D eigenvalue weighted by atomic mass is 10.2. The van der Waals surface area contributed by atoms with Crippen molar-refractivity contribution in [1.29, 1.82) is 0 Å². The molecule has 1 aromatic rings. The van der Waals surface area contributed by atoms with Gasteiger partial charge >= 0.3 is 5.97 Å². The Bertz CT molecular complexity index is 312. The van der Waals surface area contributed by atoms with Gasteiger partial charge in [0.15, 0.2) is 0 Å². The van der Waals surface area contributed by atoms with Crippen LogP contribution in [0, 0.1) is 3.57 Å². The Hall–Kier alpha value is -0.100. The third kappa shape index (κ3) is 2.20. The average molecular weight is 341 g/mol. The van der Waals surface area contributed by atoms with Crippen LogP contribution in [0.1, 0.15) is 10.4 Å². The third-order valence-electron chi connectivity index (χ3n) is 1.34. The molecule has 0 amide bonds. The molecule has 64 valence electrons. The molecule has 0 unspecified atom stereocenters. The SMILES string of the molecule is COC(=O)c1ccc(I)cc1Br. The maximum Gasteiger partial charge on any atom is 0.339 e. The van der Waals surface area contributed by atoms with Crippen molar-refractivity contribution in [3.8, 4) is 0 Å². The maximum absolute atomic E-state index is 11.1. The molecule has 0 bridgehead atoms. The van der Waals surface area contributed by atoms with Gasteiger partial charge in [0, 0.05) is 8.04 Å². The van der Waals surface area contributed by atoms with Crippen molar-refractivity contribution in [3.05, 3.63) is 31.8 Å². The van der Waals surface area contributed by atoms with Crippen LogP contribution in [0.3, 0.4) is 0 Å². The first kappa shape index (κ1) is 9.98. The summed E-state index contributed by atoms with van der Waals surface area (Å²) < 4.78 is 6.43. The zero-order chi connectivity index (χ0) is 9.14. The highest BCUT2D eigenvalue weighted by atomic mass is 127. The number of rotatable bonds is 1. The van der Waals surface area contributed by atoms with Crippen LogP contribution >= 0.6 is 38.5 Å². The maximum atomic E-state index is 11.1. The molecule has 0 saturated heterocycles. The van der Waals surface area contributed by atoms with Gasteiger partial charge in [0.1, 0.15) is 0 Å². The van der Waals surface area contributed by atoms with Crippen LogP contribution in [-0.2, 0) is 4.74 Å². The number of carbonyl (C=O) groups is 1. The van der Waals surface area contributed by atoms with Crippen molar-refractivity contribution < 1.29 is 9.53 Å². The minimum Gasteiger partial charge on any atom is -0.465 e. The molecule has 0 aliphatic carbocycles. The van der Waals surface area contributed by atoms with Crippen molar-refractivity contribution in [2.45, 2.75) is 0 Å². The van der Waals surface area contributed by atoms with Crippen LogP contribution in [0.4, 0.5) is 0 Å². The molecule has 1 rings (SSSR count). The highest BCUT2D eigenvalue weighted by Crippen LogP contribution is 2.20. The first-order valence-electron chi connectivity index (χ1n) is 3.18. The van der Waals surface area contributed by atoms with E-state index in [0.717, 1.165) is 8.04 Å². The molecule has 0 fully saturated rings. The largest absolute Gasteiger partial charge is 0.465 e. The molecule has 1 aromatic carbocycles. The Kier molecular flexibility index (Phi) is 3.52. The Morgan fingerprint density at radius 2 is 2.25 bits per heavy atom. The number of hydrogen-bond donors (Lipinski definition) is 0. The first-order valence-corrected chi connectivity index (χ1v) is 5.05. The van der Waals surface area contributed by atoms with Gasteiger partial charge in [-0.15, -0.1) is 0 Å². The molecule has 0 saturated carbocycles. The quantitative estimate of drug-likeness (QED) is 0.580. The monoisotopic (exact) mass is 340 g/mol. The molecule has 4 heteroatoms. The second-order valence-electron chi connectivity index (χ2n) is 2.12. The summed E-state index contributed by atoms with van der Waals surface area (Å²) in [5.74, 6) is -0.321. The van der Waals surface area contributed by atoms with E-state index in [1.54, 1.807) is 6.07 Å². The lowest BCUT2D eigenvalue weighted by Gasteiger charge is -2.01. The number of hydrogen-bond acceptors (Lipinski definition) is 2. The van der Waals surface area contributed by atoms with E-state index < -0.39 is 0 Å². The number of methoxy groups -OCH3 is 1. The zero-order valence-electron chi connectivity index (χ0n) is 6.30. The number of ether oxygens (including phenoxy) is 1. The summed E-state index contributed by atoms with van der Waals surface area (Å²) in [6.07, 6.45) is 0. The summed E-state index contributed by atoms with van der Waals surface area (Å²) in [5, 5.41) is 0. The average Bonchev–Trinajstić information content (AvgIpc) is 2.03. The Morgan fingerprint density at radius 1 is 1.58 bits per heavy atom. The van der Waals surface area contributed by atoms with Gasteiger partial charge in [-0.2, -0.15) is 0 Å². The Balaban J connectivity index is 3.09. The highest BCUT2D eigenvalue weighted by Gasteiger charge is 2.09. The molecule has 0 heterocycles. The number of halogens is 2. The topological polar surface area (TPSA) is 26.3 Å². The number of carbonyl (C=O) groups excluding carboxylic acids is 1. The van der Waals surface area contributed by atoms with E-state index in [-0.39, 0.29) is 5.97 Å². The summed E-state index contributed by atoms with van der Waals surface area (Å²) >= 11 is 5.46. The highest BCUT2D eigenvalue weighted by molar-refractivity contribution is 14.1. The number of benzene rings is 1. The number of esters is 1. The third-order valence-corrected chi connectivity index (χ3v) is 2.66. The van der Waals surface area contributed by atoms with E-state index in [1.165, 1.54) is 7.11 Å². The summed E-state index contributed by atoms with van der Waals surface area (Å²) in [6.45, 7) is 0. The predicted octanol–water partition coefficient (Wildman–Crippen LogP) is 2.84. The molecular formula is C8H6BrIO2. The molecule has 0 radical (unpaired) electrons. The van der Waals surface area contributed by atoms with Crippen LogP contribution in [0.15, 0.2) is 22.7 Å². The molecule has 0 aromatic heterocycles.